The van der Waals surface area contributed by atoms with Crippen LogP contribution < -0.4 is 19.2 Å². The van der Waals surface area contributed by atoms with Gasteiger partial charge in [0, 0.05) is 17.4 Å². The zero-order valence-electron chi connectivity index (χ0n) is 17.2. The molecule has 0 saturated heterocycles. The maximum atomic E-state index is 5.62. The highest BCUT2D eigenvalue weighted by atomic mass is 32.1. The third-order valence-corrected chi connectivity index (χ3v) is 7.32. The van der Waals surface area contributed by atoms with E-state index in [9.17, 15) is 0 Å². The first-order valence-corrected chi connectivity index (χ1v) is 11.9. The minimum absolute atomic E-state index is 0.0384. The van der Waals surface area contributed by atoms with Crippen LogP contribution in [0.1, 0.15) is 22.9 Å². The zero-order valence-corrected chi connectivity index (χ0v) is 18.9. The van der Waals surface area contributed by atoms with Gasteiger partial charge in [0.2, 0.25) is 11.9 Å². The number of fused-ring (bicyclic) bond motifs is 1. The standard InChI is InChI=1S/C24H19N3O3S2/c1-28-17-7-4-15(5-8-17)19-13-32-24(25-19)27-20(12-18(26-27)23-3-2-10-31-23)16-6-9-21-22(11-16)30-14-29-21/h2-11,13,20H,12,14H2,1H3/t20-/m0/s1. The molecule has 0 amide bonds. The molecule has 0 N–H and O–H groups in total. The first-order valence-electron chi connectivity index (χ1n) is 10.2. The van der Waals surface area contributed by atoms with Gasteiger partial charge in [0.15, 0.2) is 11.5 Å². The van der Waals surface area contributed by atoms with E-state index in [1.165, 1.54) is 4.88 Å². The van der Waals surface area contributed by atoms with Crippen molar-refractivity contribution in [1.29, 1.82) is 0 Å². The Morgan fingerprint density at radius 1 is 1.03 bits per heavy atom. The summed E-state index contributed by atoms with van der Waals surface area (Å²) in [6, 6.07) is 18.3. The summed E-state index contributed by atoms with van der Waals surface area (Å²) in [5, 5.41) is 12.1. The highest BCUT2D eigenvalue weighted by Gasteiger charge is 2.33. The second kappa shape index (κ2) is 7.96. The highest BCUT2D eigenvalue weighted by Crippen LogP contribution is 2.42. The van der Waals surface area contributed by atoms with E-state index in [0.717, 1.165) is 51.3 Å². The van der Waals surface area contributed by atoms with Gasteiger partial charge in [-0.3, -0.25) is 0 Å². The lowest BCUT2D eigenvalue weighted by Crippen LogP contribution is -2.18. The van der Waals surface area contributed by atoms with Crippen molar-refractivity contribution in [3.8, 4) is 28.5 Å². The van der Waals surface area contributed by atoms with Crippen LogP contribution in [-0.2, 0) is 0 Å². The van der Waals surface area contributed by atoms with Crippen LogP contribution in [0.4, 0.5) is 5.13 Å². The summed E-state index contributed by atoms with van der Waals surface area (Å²) < 4.78 is 16.4. The summed E-state index contributed by atoms with van der Waals surface area (Å²) in [7, 11) is 1.67. The van der Waals surface area contributed by atoms with Crippen molar-refractivity contribution >= 4 is 33.5 Å². The predicted molar refractivity (Wildman–Crippen MR) is 127 cm³/mol. The average molecular weight is 462 g/mol. The number of methoxy groups -OCH3 is 1. The molecule has 32 heavy (non-hydrogen) atoms. The van der Waals surface area contributed by atoms with Gasteiger partial charge in [-0.05, 0) is 53.4 Å². The Bertz CT molecular complexity index is 1280. The lowest BCUT2D eigenvalue weighted by Gasteiger charge is -2.21. The second-order valence-electron chi connectivity index (χ2n) is 7.45. The molecule has 4 heterocycles. The van der Waals surface area contributed by atoms with E-state index in [1.54, 1.807) is 29.8 Å². The molecule has 2 aliphatic heterocycles. The van der Waals surface area contributed by atoms with Crippen molar-refractivity contribution in [1.82, 2.24) is 4.98 Å². The number of anilines is 1. The van der Waals surface area contributed by atoms with E-state index < -0.39 is 0 Å². The summed E-state index contributed by atoms with van der Waals surface area (Å²) in [6.07, 6.45) is 0.803. The van der Waals surface area contributed by atoms with Crippen molar-refractivity contribution in [2.75, 3.05) is 18.9 Å². The van der Waals surface area contributed by atoms with E-state index in [4.69, 9.17) is 24.3 Å². The summed E-state index contributed by atoms with van der Waals surface area (Å²) in [4.78, 5) is 6.11. The van der Waals surface area contributed by atoms with Gasteiger partial charge in [0.25, 0.3) is 0 Å². The van der Waals surface area contributed by atoms with Crippen molar-refractivity contribution in [3.05, 3.63) is 75.8 Å². The highest BCUT2D eigenvalue weighted by molar-refractivity contribution is 7.14. The van der Waals surface area contributed by atoms with Gasteiger partial charge in [0.1, 0.15) is 5.75 Å². The van der Waals surface area contributed by atoms with Gasteiger partial charge in [0.05, 0.1) is 29.4 Å². The molecule has 6 rings (SSSR count). The molecule has 0 bridgehead atoms. The Morgan fingerprint density at radius 3 is 2.72 bits per heavy atom. The molecule has 4 aromatic rings. The number of thiophene rings is 1. The molecule has 160 valence electrons. The first-order chi connectivity index (χ1) is 15.8. The lowest BCUT2D eigenvalue weighted by atomic mass is 10.0. The smallest absolute Gasteiger partial charge is 0.231 e. The van der Waals surface area contributed by atoms with Crippen LogP contribution in [0.15, 0.2) is 70.5 Å². The topological polar surface area (TPSA) is 56.2 Å². The maximum absolute atomic E-state index is 5.62. The number of hydrogen-bond acceptors (Lipinski definition) is 8. The van der Waals surface area contributed by atoms with Gasteiger partial charge in [-0.15, -0.1) is 22.7 Å². The quantitative estimate of drug-likeness (QED) is 0.367. The van der Waals surface area contributed by atoms with E-state index in [-0.39, 0.29) is 12.8 Å². The van der Waals surface area contributed by atoms with E-state index in [1.807, 2.05) is 35.3 Å². The molecule has 2 aromatic carbocycles. The molecular weight excluding hydrogens is 442 g/mol. The lowest BCUT2D eigenvalue weighted by molar-refractivity contribution is 0.174. The Hall–Kier alpha value is -3.36. The van der Waals surface area contributed by atoms with Crippen LogP contribution in [0.25, 0.3) is 11.3 Å². The molecule has 0 aliphatic carbocycles. The van der Waals surface area contributed by atoms with Gasteiger partial charge >= 0.3 is 0 Å². The summed E-state index contributed by atoms with van der Waals surface area (Å²) in [5.41, 5.74) is 4.18. The largest absolute Gasteiger partial charge is 0.497 e. The molecule has 2 aromatic heterocycles. The fourth-order valence-electron chi connectivity index (χ4n) is 3.92. The monoisotopic (exact) mass is 461 g/mol. The van der Waals surface area contributed by atoms with Crippen LogP contribution in [0.3, 0.4) is 0 Å². The second-order valence-corrected chi connectivity index (χ2v) is 9.23. The van der Waals surface area contributed by atoms with E-state index in [2.05, 4.69) is 35.0 Å². The number of hydrogen-bond donors (Lipinski definition) is 0. The van der Waals surface area contributed by atoms with Gasteiger partial charge in [-0.2, -0.15) is 5.10 Å². The number of benzene rings is 2. The van der Waals surface area contributed by atoms with Crippen molar-refractivity contribution in [3.63, 3.8) is 0 Å². The SMILES string of the molecule is COc1ccc(-c2csc(N3N=C(c4cccs4)C[C@H]3c3ccc4c(c3)OCO4)n2)cc1. The summed E-state index contributed by atoms with van der Waals surface area (Å²) in [5.74, 6) is 2.40. The number of thiazole rings is 1. The molecule has 0 unspecified atom stereocenters. The van der Waals surface area contributed by atoms with Crippen molar-refractivity contribution < 1.29 is 14.2 Å². The zero-order chi connectivity index (χ0) is 21.5. The fraction of sp³-hybridized carbons (Fsp3) is 0.167. The first kappa shape index (κ1) is 19.3. The third-order valence-electron chi connectivity index (χ3n) is 5.57. The van der Waals surface area contributed by atoms with Crippen LogP contribution in [0, 0.1) is 0 Å². The molecule has 0 fully saturated rings. The van der Waals surface area contributed by atoms with Gasteiger partial charge in [-0.25, -0.2) is 9.99 Å². The normalized spacial score (nSPS) is 17.0. The van der Waals surface area contributed by atoms with Crippen LogP contribution in [0.2, 0.25) is 0 Å². The van der Waals surface area contributed by atoms with Crippen LogP contribution in [-0.4, -0.2) is 24.6 Å². The van der Waals surface area contributed by atoms with Gasteiger partial charge < -0.3 is 14.2 Å². The fourth-order valence-corrected chi connectivity index (χ4v) is 5.48. The Labute approximate surface area is 193 Å². The number of hydrazone groups is 1. The van der Waals surface area contributed by atoms with Crippen LogP contribution >= 0.6 is 22.7 Å². The minimum Gasteiger partial charge on any atom is -0.497 e. The Balaban J connectivity index is 1.36. The molecule has 2 aliphatic rings. The van der Waals surface area contributed by atoms with Crippen molar-refractivity contribution in [2.24, 2.45) is 5.10 Å². The van der Waals surface area contributed by atoms with Crippen molar-refractivity contribution in [2.45, 2.75) is 12.5 Å². The molecule has 8 heteroatoms. The number of rotatable bonds is 5. The molecule has 6 nitrogen and oxygen atoms in total. The van der Waals surface area contributed by atoms with Crippen LogP contribution in [0.5, 0.6) is 17.2 Å². The van der Waals surface area contributed by atoms with E-state index in [0.29, 0.717) is 0 Å². The molecule has 0 radical (unpaired) electrons. The number of nitrogens with zero attached hydrogens (tertiary/aromatic N) is 3. The number of ether oxygens (including phenoxy) is 3. The average Bonchev–Trinajstić information content (AvgIpc) is 3.63. The Morgan fingerprint density at radius 2 is 1.91 bits per heavy atom. The molecule has 0 spiro atoms. The third kappa shape index (κ3) is 3.41. The molecule has 0 saturated carbocycles. The Kier molecular flexibility index (Phi) is 4.81. The minimum atomic E-state index is 0.0384. The summed E-state index contributed by atoms with van der Waals surface area (Å²) in [6.45, 7) is 0.266. The predicted octanol–water partition coefficient (Wildman–Crippen LogP) is 5.96. The number of aromatic nitrogens is 1. The van der Waals surface area contributed by atoms with Gasteiger partial charge in [-0.1, -0.05) is 12.1 Å². The molecule has 1 atom stereocenters. The molecular formula is C24H19N3O3S2. The maximum Gasteiger partial charge on any atom is 0.231 e. The summed E-state index contributed by atoms with van der Waals surface area (Å²) >= 11 is 3.31. The van der Waals surface area contributed by atoms with E-state index >= 15 is 0 Å².